The first-order chi connectivity index (χ1) is 15.2. The molecule has 0 saturated heterocycles. The van der Waals surface area contributed by atoms with Crippen LogP contribution in [0.15, 0.2) is 45.9 Å². The number of aliphatic carboxylic acids is 1. The zero-order valence-corrected chi connectivity index (χ0v) is 16.4. The van der Waals surface area contributed by atoms with Gasteiger partial charge in [-0.05, 0) is 36.5 Å². The van der Waals surface area contributed by atoms with Crippen molar-refractivity contribution in [3.8, 4) is 17.2 Å². The van der Waals surface area contributed by atoms with E-state index in [0.29, 0.717) is 11.1 Å². The number of carbonyl (C=O) groups excluding carboxylic acids is 2. The number of phenolic OH excluding ortho intramolecular Hbond substituents is 1. The normalized spacial score (nSPS) is 27.2. The van der Waals surface area contributed by atoms with E-state index in [1.54, 1.807) is 6.07 Å². The van der Waals surface area contributed by atoms with Crippen LogP contribution in [-0.4, -0.2) is 53.7 Å². The highest BCUT2D eigenvalue weighted by molar-refractivity contribution is 6.21. The van der Waals surface area contributed by atoms with Gasteiger partial charge in [-0.15, -0.1) is 0 Å². The maximum atomic E-state index is 13.4. The Morgan fingerprint density at radius 3 is 2.56 bits per heavy atom. The van der Waals surface area contributed by atoms with Crippen molar-refractivity contribution < 1.29 is 44.3 Å². The molecule has 3 aliphatic rings. The minimum atomic E-state index is -2.66. The lowest BCUT2D eigenvalue weighted by atomic mass is 9.59. The lowest BCUT2D eigenvalue weighted by Crippen LogP contribution is -2.58. The Labute approximate surface area is 179 Å². The summed E-state index contributed by atoms with van der Waals surface area (Å²) in [6.45, 7) is 0. The van der Waals surface area contributed by atoms with E-state index >= 15 is 0 Å². The molecule has 0 radical (unpaired) electrons. The van der Waals surface area contributed by atoms with Gasteiger partial charge in [0.15, 0.2) is 17.1 Å². The van der Waals surface area contributed by atoms with Gasteiger partial charge < -0.3 is 29.9 Å². The number of ketones is 2. The number of Topliss-reactive ketones (excluding diaryl/α,β-unsaturated/α-hetero) is 2. The molecule has 10 heteroatoms. The third kappa shape index (κ3) is 2.43. The van der Waals surface area contributed by atoms with E-state index in [2.05, 4.69) is 4.98 Å². The predicted molar refractivity (Wildman–Crippen MR) is 105 cm³/mol. The first kappa shape index (κ1) is 20.0. The highest BCUT2D eigenvalue weighted by Gasteiger charge is 2.60. The summed E-state index contributed by atoms with van der Waals surface area (Å²) in [6, 6.07) is 2.87. The molecular weight excluding hydrogens is 422 g/mol. The number of phenols is 1. The van der Waals surface area contributed by atoms with Crippen molar-refractivity contribution in [3.05, 3.63) is 52.6 Å². The molecule has 0 unspecified atom stereocenters. The zero-order chi connectivity index (χ0) is 22.9. The Bertz CT molecular complexity index is 1270. The lowest BCUT2D eigenvalue weighted by Gasteiger charge is -2.46. The third-order valence-electron chi connectivity index (χ3n) is 6.58. The van der Waals surface area contributed by atoms with Crippen molar-refractivity contribution in [2.75, 3.05) is 0 Å². The number of rotatable bonds is 2. The molecule has 0 spiro atoms. The van der Waals surface area contributed by atoms with E-state index in [-0.39, 0.29) is 35.6 Å². The van der Waals surface area contributed by atoms with E-state index in [1.807, 2.05) is 0 Å². The second-order valence-electron chi connectivity index (χ2n) is 8.17. The van der Waals surface area contributed by atoms with Crippen molar-refractivity contribution in [3.63, 3.8) is 0 Å². The number of carbonyl (C=O) groups is 3. The Balaban J connectivity index is 1.72. The molecule has 0 bridgehead atoms. The summed E-state index contributed by atoms with van der Waals surface area (Å²) in [5, 5.41) is 52.3. The number of hydrogen-bond acceptors (Lipinski definition) is 9. The lowest BCUT2D eigenvalue weighted by molar-refractivity contribution is -0.149. The number of carboxylic acids is 1. The number of aliphatic hydroxyl groups is 3. The van der Waals surface area contributed by atoms with Crippen LogP contribution in [0.25, 0.3) is 17.2 Å². The number of aromatic hydroxyl groups is 1. The molecule has 2 aromatic rings. The van der Waals surface area contributed by atoms with Crippen LogP contribution < -0.4 is 0 Å². The van der Waals surface area contributed by atoms with E-state index in [1.165, 1.54) is 18.5 Å². The molecule has 1 aromatic heterocycles. The smallest absolute Gasteiger partial charge is 0.342 e. The monoisotopic (exact) mass is 439 g/mol. The van der Waals surface area contributed by atoms with Gasteiger partial charge in [-0.25, -0.2) is 9.78 Å². The minimum absolute atomic E-state index is 0.0183. The standard InChI is InChI=1S/C22H17NO9/c24-12-2-1-10(20-23-3-4-32-20)11-6-8-5-9-7-13(25)16(21(29)30)19(28)22(9,31)18(27)14(8)17(26)15(11)12/h1-4,8-9,24,26,28,31H,5-7H2,(H,29,30)/t8-,9+,22+/m1/s1. The molecule has 1 heterocycles. The average Bonchev–Trinajstić information content (AvgIpc) is 3.25. The van der Waals surface area contributed by atoms with Crippen LogP contribution >= 0.6 is 0 Å². The van der Waals surface area contributed by atoms with Gasteiger partial charge in [-0.1, -0.05) is 0 Å². The summed E-state index contributed by atoms with van der Waals surface area (Å²) in [6.07, 6.45) is 2.53. The molecule has 32 heavy (non-hydrogen) atoms. The Kier molecular flexibility index (Phi) is 4.09. The highest BCUT2D eigenvalue weighted by Crippen LogP contribution is 2.52. The van der Waals surface area contributed by atoms with Crippen molar-refractivity contribution >= 4 is 23.3 Å². The molecule has 0 amide bonds. The first-order valence-electron chi connectivity index (χ1n) is 9.81. The number of fused-ring (bicyclic) bond motifs is 3. The van der Waals surface area contributed by atoms with Gasteiger partial charge in [0.2, 0.25) is 11.7 Å². The molecule has 164 valence electrons. The van der Waals surface area contributed by atoms with Gasteiger partial charge in [0, 0.05) is 23.5 Å². The van der Waals surface area contributed by atoms with E-state index < -0.39 is 58.5 Å². The van der Waals surface area contributed by atoms with Gasteiger partial charge in [-0.3, -0.25) is 9.59 Å². The quantitative estimate of drug-likeness (QED) is 0.432. The number of hydrogen-bond donors (Lipinski definition) is 5. The van der Waals surface area contributed by atoms with Crippen molar-refractivity contribution in [1.29, 1.82) is 0 Å². The van der Waals surface area contributed by atoms with Crippen molar-refractivity contribution in [2.24, 2.45) is 11.8 Å². The largest absolute Gasteiger partial charge is 0.508 e. The topological polar surface area (TPSA) is 178 Å². The van der Waals surface area contributed by atoms with Gasteiger partial charge in [0.25, 0.3) is 0 Å². The molecular formula is C22H17NO9. The highest BCUT2D eigenvalue weighted by atomic mass is 16.4. The van der Waals surface area contributed by atoms with E-state index in [9.17, 15) is 39.9 Å². The van der Waals surface area contributed by atoms with E-state index in [0.717, 1.165) is 0 Å². The fourth-order valence-electron chi connectivity index (χ4n) is 5.14. The number of carboxylic acid groups (broad SMARTS) is 1. The van der Waals surface area contributed by atoms with Crippen LogP contribution in [0.1, 0.15) is 24.0 Å². The molecule has 0 aliphatic heterocycles. The minimum Gasteiger partial charge on any atom is -0.508 e. The fourth-order valence-corrected chi connectivity index (χ4v) is 5.14. The summed E-state index contributed by atoms with van der Waals surface area (Å²) in [4.78, 5) is 41.2. The number of nitrogens with zero attached hydrogens (tertiary/aromatic N) is 1. The summed E-state index contributed by atoms with van der Waals surface area (Å²) >= 11 is 0. The molecule has 1 saturated carbocycles. The Hall–Kier alpha value is -3.92. The van der Waals surface area contributed by atoms with Crippen molar-refractivity contribution in [1.82, 2.24) is 4.98 Å². The fraction of sp³-hybridized carbons (Fsp3) is 0.273. The maximum Gasteiger partial charge on any atom is 0.342 e. The van der Waals surface area contributed by atoms with Crippen molar-refractivity contribution in [2.45, 2.75) is 24.9 Å². The molecule has 3 aliphatic carbocycles. The third-order valence-corrected chi connectivity index (χ3v) is 6.58. The van der Waals surface area contributed by atoms with Crippen LogP contribution in [-0.2, 0) is 20.8 Å². The SMILES string of the molecule is O=C(O)C1=C(O)[C@@]2(O)C(=O)C3=C(O)c4c(O)ccc(-c5ncco5)c4C[C@H]3C[C@H]2CC1=O. The number of benzene rings is 1. The van der Waals surface area contributed by atoms with E-state index in [4.69, 9.17) is 4.42 Å². The summed E-state index contributed by atoms with van der Waals surface area (Å²) < 4.78 is 5.35. The zero-order valence-electron chi connectivity index (χ0n) is 16.4. The van der Waals surface area contributed by atoms with Crippen LogP contribution in [0.2, 0.25) is 0 Å². The number of aliphatic hydroxyl groups excluding tert-OH is 2. The van der Waals surface area contributed by atoms with Gasteiger partial charge in [0.05, 0.1) is 11.8 Å². The van der Waals surface area contributed by atoms with Crippen LogP contribution in [0.5, 0.6) is 5.75 Å². The second kappa shape index (κ2) is 6.54. The Morgan fingerprint density at radius 1 is 1.16 bits per heavy atom. The molecule has 10 nitrogen and oxygen atoms in total. The maximum absolute atomic E-state index is 13.4. The van der Waals surface area contributed by atoms with Gasteiger partial charge in [-0.2, -0.15) is 0 Å². The predicted octanol–water partition coefficient (Wildman–Crippen LogP) is 1.68. The van der Waals surface area contributed by atoms with Crippen LogP contribution in [0.3, 0.4) is 0 Å². The molecule has 1 aromatic carbocycles. The number of oxazole rings is 1. The van der Waals surface area contributed by atoms with Gasteiger partial charge in [0.1, 0.15) is 23.3 Å². The molecule has 5 rings (SSSR count). The molecule has 1 fully saturated rings. The Morgan fingerprint density at radius 2 is 1.91 bits per heavy atom. The molecule has 5 N–H and O–H groups in total. The average molecular weight is 439 g/mol. The van der Waals surface area contributed by atoms with Crippen LogP contribution in [0, 0.1) is 11.8 Å². The van der Waals surface area contributed by atoms with Crippen LogP contribution in [0.4, 0.5) is 0 Å². The summed E-state index contributed by atoms with van der Waals surface area (Å²) in [7, 11) is 0. The van der Waals surface area contributed by atoms with Gasteiger partial charge >= 0.3 is 5.97 Å². The second-order valence-corrected chi connectivity index (χ2v) is 8.17. The molecule has 3 atom stereocenters. The first-order valence-corrected chi connectivity index (χ1v) is 9.81. The summed E-state index contributed by atoms with van der Waals surface area (Å²) in [5.74, 6) is -7.33. The summed E-state index contributed by atoms with van der Waals surface area (Å²) in [5.41, 5.74) is -2.99. The number of aromatic nitrogens is 1.